The Kier molecular flexibility index (Phi) is 5.84. The summed E-state index contributed by atoms with van der Waals surface area (Å²) in [4.78, 5) is 12.1. The van der Waals surface area contributed by atoms with Crippen LogP contribution in [0, 0.1) is 3.57 Å². The molecule has 2 nitrogen and oxygen atoms in total. The highest BCUT2D eigenvalue weighted by Crippen LogP contribution is 2.30. The van der Waals surface area contributed by atoms with Crippen molar-refractivity contribution in [3.63, 3.8) is 0 Å². The second-order valence-corrected chi connectivity index (χ2v) is 7.84. The maximum atomic E-state index is 12.1. The average Bonchev–Trinajstić information content (AvgIpc) is 2.80. The van der Waals surface area contributed by atoms with E-state index in [2.05, 4.69) is 34.8 Å². The van der Waals surface area contributed by atoms with Gasteiger partial charge in [-0.05, 0) is 65.8 Å². The molecule has 2 atom stereocenters. The van der Waals surface area contributed by atoms with Crippen LogP contribution >= 0.6 is 46.0 Å². The van der Waals surface area contributed by atoms with Gasteiger partial charge in [0.05, 0.1) is 5.02 Å². The normalized spacial score (nSPS) is 22.5. The molecule has 0 spiro atoms. The summed E-state index contributed by atoms with van der Waals surface area (Å²) in [7, 11) is 0. The van der Waals surface area contributed by atoms with Crippen molar-refractivity contribution in [2.45, 2.75) is 37.5 Å². The van der Waals surface area contributed by atoms with E-state index in [-0.39, 0.29) is 5.91 Å². The molecule has 0 saturated heterocycles. The first kappa shape index (κ1) is 15.4. The Morgan fingerprint density at radius 2 is 2.32 bits per heavy atom. The molecule has 1 aromatic rings. The fraction of sp³-hybridized carbons (Fsp3) is 0.500. The Labute approximate surface area is 137 Å². The number of carbonyl (C=O) groups excluding carboxylic acids is 1. The Morgan fingerprint density at radius 1 is 1.53 bits per heavy atom. The molecule has 1 saturated carbocycles. The van der Waals surface area contributed by atoms with Crippen LogP contribution in [-0.4, -0.2) is 23.0 Å². The van der Waals surface area contributed by atoms with Crippen LogP contribution in [0.5, 0.6) is 0 Å². The minimum absolute atomic E-state index is 0.00884. The molecule has 1 aromatic carbocycles. The molecule has 19 heavy (non-hydrogen) atoms. The van der Waals surface area contributed by atoms with Crippen LogP contribution < -0.4 is 5.32 Å². The monoisotopic (exact) mass is 409 g/mol. The molecule has 2 rings (SSSR count). The molecule has 0 bridgehead atoms. The molecular formula is C14H17ClINOS. The number of rotatable bonds is 4. The van der Waals surface area contributed by atoms with Gasteiger partial charge in [0.25, 0.3) is 5.91 Å². The van der Waals surface area contributed by atoms with E-state index in [9.17, 15) is 4.79 Å². The third-order valence-corrected chi connectivity index (χ3v) is 6.11. The highest BCUT2D eigenvalue weighted by atomic mass is 127. The molecule has 5 heteroatoms. The Bertz CT molecular complexity index is 469. The molecule has 0 radical (unpaired) electrons. The first-order valence-electron chi connectivity index (χ1n) is 6.47. The molecule has 0 aliphatic heterocycles. The van der Waals surface area contributed by atoms with Crippen molar-refractivity contribution < 1.29 is 4.79 Å². The zero-order chi connectivity index (χ0) is 13.8. The number of hydrogen-bond acceptors (Lipinski definition) is 2. The predicted molar refractivity (Wildman–Crippen MR) is 91.2 cm³/mol. The summed E-state index contributed by atoms with van der Waals surface area (Å²) in [5, 5.41) is 4.46. The fourth-order valence-electron chi connectivity index (χ4n) is 2.36. The SMILES string of the molecule is CCSC1CCC(NC(=O)c2ccc(I)c(Cl)c2)C1. The summed E-state index contributed by atoms with van der Waals surface area (Å²) < 4.78 is 0.969. The molecule has 104 valence electrons. The van der Waals surface area contributed by atoms with Gasteiger partial charge in [-0.25, -0.2) is 0 Å². The van der Waals surface area contributed by atoms with Gasteiger partial charge in [-0.15, -0.1) is 0 Å². The maximum absolute atomic E-state index is 12.1. The van der Waals surface area contributed by atoms with E-state index in [0.717, 1.165) is 22.2 Å². The fourth-order valence-corrected chi connectivity index (χ4v) is 4.02. The van der Waals surface area contributed by atoms with Gasteiger partial charge >= 0.3 is 0 Å². The smallest absolute Gasteiger partial charge is 0.251 e. The predicted octanol–water partition coefficient (Wildman–Crippen LogP) is 4.35. The zero-order valence-electron chi connectivity index (χ0n) is 10.8. The van der Waals surface area contributed by atoms with Crippen LogP contribution in [-0.2, 0) is 0 Å². The summed E-state index contributed by atoms with van der Waals surface area (Å²) in [6, 6.07) is 5.76. The number of thioether (sulfide) groups is 1. The number of carbonyl (C=O) groups is 1. The highest BCUT2D eigenvalue weighted by molar-refractivity contribution is 14.1. The van der Waals surface area contributed by atoms with Crippen molar-refractivity contribution in [3.05, 3.63) is 32.4 Å². The van der Waals surface area contributed by atoms with E-state index < -0.39 is 0 Å². The van der Waals surface area contributed by atoms with Gasteiger partial charge in [0.1, 0.15) is 0 Å². The molecule has 1 amide bonds. The van der Waals surface area contributed by atoms with Crippen molar-refractivity contribution in [2.75, 3.05) is 5.75 Å². The lowest BCUT2D eigenvalue weighted by Gasteiger charge is -2.13. The molecule has 1 aliphatic rings. The van der Waals surface area contributed by atoms with Crippen molar-refractivity contribution in [1.82, 2.24) is 5.32 Å². The van der Waals surface area contributed by atoms with E-state index in [1.165, 1.54) is 6.42 Å². The molecule has 1 fully saturated rings. The molecule has 1 aliphatic carbocycles. The highest BCUT2D eigenvalue weighted by Gasteiger charge is 2.26. The number of amides is 1. The topological polar surface area (TPSA) is 29.1 Å². The van der Waals surface area contributed by atoms with E-state index in [1.807, 2.05) is 23.9 Å². The molecule has 1 N–H and O–H groups in total. The van der Waals surface area contributed by atoms with Crippen LogP contribution in [0.4, 0.5) is 0 Å². The Hall–Kier alpha value is 0.0600. The third-order valence-electron chi connectivity index (χ3n) is 3.30. The first-order chi connectivity index (χ1) is 9.10. The summed E-state index contributed by atoms with van der Waals surface area (Å²) in [5.74, 6) is 1.14. The zero-order valence-corrected chi connectivity index (χ0v) is 14.5. The molecule has 0 heterocycles. The Morgan fingerprint density at radius 3 is 3.00 bits per heavy atom. The summed E-state index contributed by atoms with van der Waals surface area (Å²) >= 11 is 10.2. The summed E-state index contributed by atoms with van der Waals surface area (Å²) in [6.07, 6.45) is 3.38. The molecule has 2 unspecified atom stereocenters. The van der Waals surface area contributed by atoms with Crippen molar-refractivity contribution in [3.8, 4) is 0 Å². The third kappa shape index (κ3) is 4.26. The minimum Gasteiger partial charge on any atom is -0.349 e. The second-order valence-electron chi connectivity index (χ2n) is 4.69. The molecular weight excluding hydrogens is 393 g/mol. The lowest BCUT2D eigenvalue weighted by atomic mass is 10.2. The summed E-state index contributed by atoms with van der Waals surface area (Å²) in [6.45, 7) is 2.18. The number of halogens is 2. The van der Waals surface area contributed by atoms with Gasteiger partial charge < -0.3 is 5.32 Å². The first-order valence-corrected chi connectivity index (χ1v) is 8.98. The van der Waals surface area contributed by atoms with Gasteiger partial charge in [-0.2, -0.15) is 11.8 Å². The number of benzene rings is 1. The maximum Gasteiger partial charge on any atom is 0.251 e. The minimum atomic E-state index is -0.00884. The van der Waals surface area contributed by atoms with E-state index in [0.29, 0.717) is 21.9 Å². The van der Waals surface area contributed by atoms with E-state index >= 15 is 0 Å². The van der Waals surface area contributed by atoms with Gasteiger partial charge in [-0.1, -0.05) is 18.5 Å². The average molecular weight is 410 g/mol. The van der Waals surface area contributed by atoms with Crippen molar-refractivity contribution in [1.29, 1.82) is 0 Å². The van der Waals surface area contributed by atoms with Crippen LogP contribution in [0.25, 0.3) is 0 Å². The quantitative estimate of drug-likeness (QED) is 0.749. The van der Waals surface area contributed by atoms with Gasteiger partial charge in [0, 0.05) is 20.4 Å². The van der Waals surface area contributed by atoms with Crippen LogP contribution in [0.15, 0.2) is 18.2 Å². The van der Waals surface area contributed by atoms with Gasteiger partial charge in [-0.3, -0.25) is 4.79 Å². The van der Waals surface area contributed by atoms with Gasteiger partial charge in [0.2, 0.25) is 0 Å². The van der Waals surface area contributed by atoms with E-state index in [4.69, 9.17) is 11.6 Å². The van der Waals surface area contributed by atoms with Crippen LogP contribution in [0.3, 0.4) is 0 Å². The van der Waals surface area contributed by atoms with Crippen molar-refractivity contribution >= 4 is 51.9 Å². The second kappa shape index (κ2) is 7.18. The Balaban J connectivity index is 1.92. The standard InChI is InChI=1S/C14H17ClINOS/c1-2-19-11-5-4-10(8-11)17-14(18)9-3-6-13(16)12(15)7-9/h3,6-7,10-11H,2,4-5,8H2,1H3,(H,17,18). The lowest BCUT2D eigenvalue weighted by Crippen LogP contribution is -2.33. The summed E-state index contributed by atoms with van der Waals surface area (Å²) in [5.41, 5.74) is 0.650. The lowest BCUT2D eigenvalue weighted by molar-refractivity contribution is 0.0938. The van der Waals surface area contributed by atoms with Crippen LogP contribution in [0.1, 0.15) is 36.5 Å². The van der Waals surface area contributed by atoms with Crippen molar-refractivity contribution in [2.24, 2.45) is 0 Å². The largest absolute Gasteiger partial charge is 0.349 e. The van der Waals surface area contributed by atoms with Gasteiger partial charge in [0.15, 0.2) is 0 Å². The van der Waals surface area contributed by atoms with Crippen LogP contribution in [0.2, 0.25) is 5.02 Å². The van der Waals surface area contributed by atoms with E-state index in [1.54, 1.807) is 6.07 Å². The number of hydrogen-bond donors (Lipinski definition) is 1. The molecule has 0 aromatic heterocycles. The number of nitrogens with one attached hydrogen (secondary N) is 1.